The summed E-state index contributed by atoms with van der Waals surface area (Å²) in [6.45, 7) is 5.02. The monoisotopic (exact) mass is 496 g/mol. The number of carbonyl (C=O) groups excluding carboxylic acids is 1. The third kappa shape index (κ3) is 6.22. The molecule has 1 aliphatic rings. The van der Waals surface area contributed by atoms with Crippen LogP contribution < -0.4 is 10.1 Å². The molecule has 0 radical (unpaired) electrons. The SMILES string of the molecule is CCC(=O)N(CC)C1CN(C(=NCCc2ccc(O)c(OC)c2)NC#N)N=C1c1ccc(Cl)cc1. The highest BCUT2D eigenvalue weighted by atomic mass is 35.5. The van der Waals surface area contributed by atoms with Crippen LogP contribution in [0.1, 0.15) is 31.4 Å². The summed E-state index contributed by atoms with van der Waals surface area (Å²) < 4.78 is 5.16. The summed E-state index contributed by atoms with van der Waals surface area (Å²) in [7, 11) is 1.49. The summed E-state index contributed by atoms with van der Waals surface area (Å²) in [5, 5.41) is 28.7. The average Bonchev–Trinajstić information content (AvgIpc) is 3.30. The highest BCUT2D eigenvalue weighted by molar-refractivity contribution is 6.30. The van der Waals surface area contributed by atoms with Crippen molar-refractivity contribution in [2.75, 3.05) is 26.7 Å². The number of nitriles is 1. The number of hydrogen-bond donors (Lipinski definition) is 2. The summed E-state index contributed by atoms with van der Waals surface area (Å²) in [6.07, 6.45) is 2.87. The minimum atomic E-state index is -0.305. The van der Waals surface area contributed by atoms with Gasteiger partial charge in [-0.2, -0.15) is 10.4 Å². The zero-order valence-corrected chi connectivity index (χ0v) is 20.8. The van der Waals surface area contributed by atoms with Crippen molar-refractivity contribution >= 4 is 29.2 Å². The predicted octanol–water partition coefficient (Wildman–Crippen LogP) is 3.37. The standard InChI is InChI=1S/C25H29ClN6O3/c1-4-23(34)31(5-2)20-15-32(30-24(20)18-7-9-19(26)10-8-18)25(29-16-27)28-13-12-17-6-11-21(33)22(14-17)35-3/h6-11,14,20,33H,4-5,12-13,15H2,1-3H3,(H,28,29). The number of ether oxygens (including phenoxy) is 1. The molecule has 2 N–H and O–H groups in total. The molecule has 0 aliphatic carbocycles. The lowest BCUT2D eigenvalue weighted by molar-refractivity contribution is -0.131. The van der Waals surface area contributed by atoms with E-state index < -0.39 is 0 Å². The van der Waals surface area contributed by atoms with E-state index in [9.17, 15) is 15.2 Å². The van der Waals surface area contributed by atoms with Gasteiger partial charge in [0.05, 0.1) is 25.4 Å². The van der Waals surface area contributed by atoms with E-state index in [1.807, 2.05) is 32.2 Å². The van der Waals surface area contributed by atoms with E-state index in [0.29, 0.717) is 54.9 Å². The lowest BCUT2D eigenvalue weighted by Crippen LogP contribution is -2.47. The normalized spacial score (nSPS) is 15.4. The molecular formula is C25H29ClN6O3. The van der Waals surface area contributed by atoms with Gasteiger partial charge in [-0.15, -0.1) is 0 Å². The summed E-state index contributed by atoms with van der Waals surface area (Å²) in [5.41, 5.74) is 2.48. The van der Waals surface area contributed by atoms with Crippen LogP contribution >= 0.6 is 11.6 Å². The first kappa shape index (κ1) is 25.8. The Morgan fingerprint density at radius 3 is 2.71 bits per heavy atom. The Morgan fingerprint density at radius 1 is 1.34 bits per heavy atom. The second kappa shape index (κ2) is 12.1. The van der Waals surface area contributed by atoms with Crippen LogP contribution in [0.5, 0.6) is 11.5 Å². The van der Waals surface area contributed by atoms with E-state index in [1.54, 1.807) is 40.2 Å². The van der Waals surface area contributed by atoms with Crippen molar-refractivity contribution in [3.63, 3.8) is 0 Å². The first-order valence-corrected chi connectivity index (χ1v) is 11.8. The van der Waals surface area contributed by atoms with Gasteiger partial charge in [0.2, 0.25) is 11.9 Å². The third-order valence-electron chi connectivity index (χ3n) is 5.69. The Labute approximate surface area is 210 Å². The summed E-state index contributed by atoms with van der Waals surface area (Å²) in [4.78, 5) is 19.0. The molecule has 0 aromatic heterocycles. The van der Waals surface area contributed by atoms with Gasteiger partial charge in [0.1, 0.15) is 0 Å². The maximum Gasteiger partial charge on any atom is 0.228 e. The third-order valence-corrected chi connectivity index (χ3v) is 5.94. The fraction of sp³-hybridized carbons (Fsp3) is 0.360. The number of methoxy groups -OCH3 is 1. The Morgan fingerprint density at radius 2 is 2.09 bits per heavy atom. The summed E-state index contributed by atoms with van der Waals surface area (Å²) >= 11 is 6.07. The molecule has 0 bridgehead atoms. The second-order valence-corrected chi connectivity index (χ2v) is 8.26. The molecule has 1 amide bonds. The van der Waals surface area contributed by atoms with Crippen LogP contribution in [-0.2, 0) is 11.2 Å². The molecule has 3 rings (SSSR count). The van der Waals surface area contributed by atoms with Gasteiger partial charge in [0.25, 0.3) is 0 Å². The number of benzene rings is 2. The molecule has 0 spiro atoms. The summed E-state index contributed by atoms with van der Waals surface area (Å²) in [5.74, 6) is 0.781. The van der Waals surface area contributed by atoms with E-state index in [1.165, 1.54) is 7.11 Å². The maximum absolute atomic E-state index is 12.7. The number of nitrogens with zero attached hydrogens (tertiary/aromatic N) is 5. The number of phenols is 1. The van der Waals surface area contributed by atoms with E-state index >= 15 is 0 Å². The lowest BCUT2D eigenvalue weighted by Gasteiger charge is -2.29. The van der Waals surface area contributed by atoms with Crippen LogP contribution in [0.4, 0.5) is 0 Å². The van der Waals surface area contributed by atoms with Gasteiger partial charge in [-0.3, -0.25) is 15.1 Å². The lowest BCUT2D eigenvalue weighted by atomic mass is 10.0. The van der Waals surface area contributed by atoms with Crippen molar-refractivity contribution in [3.8, 4) is 17.7 Å². The zero-order chi connectivity index (χ0) is 25.4. The number of aromatic hydroxyl groups is 1. The van der Waals surface area contributed by atoms with Gasteiger partial charge in [-0.1, -0.05) is 36.7 Å². The number of carbonyl (C=O) groups is 1. The molecule has 0 saturated carbocycles. The van der Waals surface area contributed by atoms with Crippen LogP contribution in [0.25, 0.3) is 0 Å². The van der Waals surface area contributed by atoms with Crippen molar-refractivity contribution in [1.29, 1.82) is 5.26 Å². The quantitative estimate of drug-likeness (QED) is 0.251. The van der Waals surface area contributed by atoms with Crippen LogP contribution in [-0.4, -0.2) is 65.4 Å². The molecule has 2 aromatic carbocycles. The van der Waals surface area contributed by atoms with Crippen molar-refractivity contribution in [1.82, 2.24) is 15.2 Å². The van der Waals surface area contributed by atoms with Gasteiger partial charge in [0, 0.05) is 30.1 Å². The zero-order valence-electron chi connectivity index (χ0n) is 20.0. The Hall–Kier alpha value is -3.77. The smallest absolute Gasteiger partial charge is 0.228 e. The number of phenolic OH excluding ortho intramolecular Hbond substituents is 1. The Balaban J connectivity index is 1.88. The van der Waals surface area contributed by atoms with E-state index in [4.69, 9.17) is 21.4 Å². The summed E-state index contributed by atoms with van der Waals surface area (Å²) in [6, 6.07) is 12.1. The Bertz CT molecular complexity index is 1140. The largest absolute Gasteiger partial charge is 0.504 e. The second-order valence-electron chi connectivity index (χ2n) is 7.82. The fourth-order valence-corrected chi connectivity index (χ4v) is 4.04. The molecule has 9 nitrogen and oxygen atoms in total. The molecule has 1 aliphatic heterocycles. The van der Waals surface area contributed by atoms with Crippen LogP contribution in [0.15, 0.2) is 52.6 Å². The van der Waals surface area contributed by atoms with Gasteiger partial charge in [-0.25, -0.2) is 5.01 Å². The molecular weight excluding hydrogens is 468 g/mol. The molecule has 1 unspecified atom stereocenters. The number of halogens is 1. The first-order chi connectivity index (χ1) is 16.9. The van der Waals surface area contributed by atoms with Gasteiger partial charge >= 0.3 is 0 Å². The molecule has 184 valence electrons. The number of rotatable bonds is 8. The molecule has 0 saturated heterocycles. The van der Waals surface area contributed by atoms with E-state index in [-0.39, 0.29) is 17.7 Å². The topological polar surface area (TPSA) is 114 Å². The van der Waals surface area contributed by atoms with Gasteiger partial charge < -0.3 is 14.7 Å². The molecule has 1 atom stereocenters. The highest BCUT2D eigenvalue weighted by Crippen LogP contribution is 2.26. The number of amides is 1. The predicted molar refractivity (Wildman–Crippen MR) is 136 cm³/mol. The van der Waals surface area contributed by atoms with E-state index in [0.717, 1.165) is 11.1 Å². The number of hydrazone groups is 1. The number of guanidine groups is 1. The van der Waals surface area contributed by atoms with Gasteiger partial charge in [-0.05, 0) is 43.2 Å². The highest BCUT2D eigenvalue weighted by Gasteiger charge is 2.35. The van der Waals surface area contributed by atoms with Crippen molar-refractivity contribution in [2.45, 2.75) is 32.7 Å². The van der Waals surface area contributed by atoms with Crippen LogP contribution in [0, 0.1) is 11.5 Å². The Kier molecular flexibility index (Phi) is 8.92. The maximum atomic E-state index is 12.7. The number of nitrogens with one attached hydrogen (secondary N) is 1. The molecule has 1 heterocycles. The number of aliphatic imine (C=N–C) groups is 1. The number of likely N-dealkylation sites (N-methyl/N-ethyl adjacent to an activating group) is 1. The molecule has 10 heteroatoms. The minimum Gasteiger partial charge on any atom is -0.504 e. The van der Waals surface area contributed by atoms with Crippen molar-refractivity contribution in [3.05, 3.63) is 58.6 Å². The number of hydrogen-bond acceptors (Lipinski definition) is 6. The van der Waals surface area contributed by atoms with Crippen LogP contribution in [0.3, 0.4) is 0 Å². The first-order valence-electron chi connectivity index (χ1n) is 11.4. The van der Waals surface area contributed by atoms with Crippen molar-refractivity contribution in [2.24, 2.45) is 10.1 Å². The molecule has 2 aromatic rings. The fourth-order valence-electron chi connectivity index (χ4n) is 3.92. The average molecular weight is 497 g/mol. The van der Waals surface area contributed by atoms with Gasteiger partial charge in [0.15, 0.2) is 17.7 Å². The van der Waals surface area contributed by atoms with Crippen LogP contribution in [0.2, 0.25) is 5.02 Å². The van der Waals surface area contributed by atoms with Crippen molar-refractivity contribution < 1.29 is 14.6 Å². The van der Waals surface area contributed by atoms with E-state index in [2.05, 4.69) is 10.3 Å². The minimum absolute atomic E-state index is 0.0222. The molecule has 35 heavy (non-hydrogen) atoms. The molecule has 0 fully saturated rings.